The molecule has 1 aliphatic heterocycles. The Morgan fingerprint density at radius 1 is 1.00 bits per heavy atom. The van der Waals surface area contributed by atoms with Crippen LogP contribution in [0.1, 0.15) is 12.8 Å². The predicted molar refractivity (Wildman–Crippen MR) is 109 cm³/mol. The van der Waals surface area contributed by atoms with Crippen molar-refractivity contribution in [1.82, 2.24) is 0 Å². The van der Waals surface area contributed by atoms with Gasteiger partial charge >= 0.3 is 0 Å². The molecule has 3 amide bonds. The first-order valence-corrected chi connectivity index (χ1v) is 10.0. The molecule has 8 heteroatoms. The second kappa shape index (κ2) is 9.36. The summed E-state index contributed by atoms with van der Waals surface area (Å²) in [7, 11) is 0. The summed E-state index contributed by atoms with van der Waals surface area (Å²) in [6, 6.07) is 12.6. The minimum absolute atomic E-state index is 0.0891. The molecule has 6 nitrogen and oxygen atoms in total. The van der Waals surface area contributed by atoms with Crippen molar-refractivity contribution in [3.05, 3.63) is 54.3 Å². The van der Waals surface area contributed by atoms with Crippen molar-refractivity contribution in [1.29, 1.82) is 0 Å². The number of benzene rings is 2. The number of halogens is 1. The molecule has 1 heterocycles. The van der Waals surface area contributed by atoms with Gasteiger partial charge in [0.2, 0.25) is 17.7 Å². The van der Waals surface area contributed by atoms with E-state index in [0.29, 0.717) is 24.3 Å². The van der Waals surface area contributed by atoms with Crippen LogP contribution in [0.5, 0.6) is 0 Å². The minimum atomic E-state index is -0.373. The molecule has 0 spiro atoms. The summed E-state index contributed by atoms with van der Waals surface area (Å²) < 4.78 is 12.8. The summed E-state index contributed by atoms with van der Waals surface area (Å²) in [5.74, 6) is -0.562. The maximum absolute atomic E-state index is 12.8. The van der Waals surface area contributed by atoms with Gasteiger partial charge < -0.3 is 15.5 Å². The van der Waals surface area contributed by atoms with Gasteiger partial charge in [0.1, 0.15) is 5.82 Å². The molecule has 2 aromatic rings. The molecule has 2 aromatic carbocycles. The molecule has 1 fully saturated rings. The van der Waals surface area contributed by atoms with Crippen LogP contribution in [0.2, 0.25) is 0 Å². The third-order valence-electron chi connectivity index (χ3n) is 4.11. The Morgan fingerprint density at radius 2 is 1.68 bits per heavy atom. The Morgan fingerprint density at radius 3 is 2.32 bits per heavy atom. The molecule has 0 saturated carbocycles. The molecule has 0 aliphatic carbocycles. The number of hydrogen-bond acceptors (Lipinski definition) is 4. The number of hydrogen-bond donors (Lipinski definition) is 2. The van der Waals surface area contributed by atoms with Gasteiger partial charge in [-0.15, -0.1) is 11.8 Å². The zero-order valence-corrected chi connectivity index (χ0v) is 15.9. The number of nitrogens with zero attached hydrogens (tertiary/aromatic N) is 1. The van der Waals surface area contributed by atoms with E-state index in [1.54, 1.807) is 23.1 Å². The van der Waals surface area contributed by atoms with E-state index in [0.717, 1.165) is 12.1 Å². The summed E-state index contributed by atoms with van der Waals surface area (Å²) in [5, 5.41) is 5.42. The van der Waals surface area contributed by atoms with Gasteiger partial charge in [-0.25, -0.2) is 4.39 Å². The molecule has 1 saturated heterocycles. The van der Waals surface area contributed by atoms with Crippen LogP contribution in [-0.2, 0) is 14.4 Å². The SMILES string of the molecule is O=C(CSCC(=O)Nc1cccc(N2CCCC2=O)c1)Nc1ccc(F)cc1. The van der Waals surface area contributed by atoms with Gasteiger partial charge in [-0.2, -0.15) is 0 Å². The number of amides is 3. The Balaban J connectivity index is 1.43. The number of nitrogens with one attached hydrogen (secondary N) is 2. The van der Waals surface area contributed by atoms with Gasteiger partial charge in [0.15, 0.2) is 0 Å². The zero-order chi connectivity index (χ0) is 19.9. The van der Waals surface area contributed by atoms with Gasteiger partial charge in [0.05, 0.1) is 11.5 Å². The van der Waals surface area contributed by atoms with E-state index in [-0.39, 0.29) is 35.0 Å². The van der Waals surface area contributed by atoms with E-state index in [4.69, 9.17) is 0 Å². The van der Waals surface area contributed by atoms with Gasteiger partial charge in [0.25, 0.3) is 0 Å². The van der Waals surface area contributed by atoms with Crippen molar-refractivity contribution in [2.75, 3.05) is 33.6 Å². The lowest BCUT2D eigenvalue weighted by atomic mass is 10.2. The molecule has 1 aliphatic rings. The van der Waals surface area contributed by atoms with Crippen LogP contribution in [0.3, 0.4) is 0 Å². The lowest BCUT2D eigenvalue weighted by Crippen LogP contribution is -2.24. The summed E-state index contributed by atoms with van der Waals surface area (Å²) >= 11 is 1.18. The summed E-state index contributed by atoms with van der Waals surface area (Å²) in [5.41, 5.74) is 1.88. The molecule has 0 atom stereocenters. The lowest BCUT2D eigenvalue weighted by molar-refractivity contribution is -0.117. The fraction of sp³-hybridized carbons (Fsp3) is 0.250. The van der Waals surface area contributed by atoms with Crippen LogP contribution >= 0.6 is 11.8 Å². The van der Waals surface area contributed by atoms with Crippen LogP contribution in [0, 0.1) is 5.82 Å². The first kappa shape index (κ1) is 19.9. The highest BCUT2D eigenvalue weighted by Gasteiger charge is 2.21. The maximum Gasteiger partial charge on any atom is 0.234 e. The summed E-state index contributed by atoms with van der Waals surface area (Å²) in [4.78, 5) is 37.5. The van der Waals surface area contributed by atoms with E-state index in [9.17, 15) is 18.8 Å². The van der Waals surface area contributed by atoms with Crippen LogP contribution in [0.4, 0.5) is 21.5 Å². The van der Waals surface area contributed by atoms with Crippen molar-refractivity contribution < 1.29 is 18.8 Å². The van der Waals surface area contributed by atoms with Crippen LogP contribution in [0.25, 0.3) is 0 Å². The highest BCUT2D eigenvalue weighted by atomic mass is 32.2. The predicted octanol–water partition coefficient (Wildman–Crippen LogP) is 3.26. The Bertz CT molecular complexity index is 873. The van der Waals surface area contributed by atoms with Crippen LogP contribution in [-0.4, -0.2) is 35.8 Å². The highest BCUT2D eigenvalue weighted by molar-refractivity contribution is 8.00. The minimum Gasteiger partial charge on any atom is -0.325 e. The molecular formula is C20H20FN3O3S. The number of carbonyl (C=O) groups is 3. The molecule has 3 rings (SSSR count). The van der Waals surface area contributed by atoms with Crippen LogP contribution < -0.4 is 15.5 Å². The number of carbonyl (C=O) groups excluding carboxylic acids is 3. The molecule has 28 heavy (non-hydrogen) atoms. The van der Waals surface area contributed by atoms with Gasteiger partial charge in [0, 0.05) is 30.0 Å². The average Bonchev–Trinajstić information content (AvgIpc) is 3.10. The first-order valence-electron chi connectivity index (χ1n) is 8.85. The maximum atomic E-state index is 12.8. The molecule has 0 aromatic heterocycles. The van der Waals surface area contributed by atoms with Crippen molar-refractivity contribution >= 4 is 46.5 Å². The van der Waals surface area contributed by atoms with E-state index < -0.39 is 0 Å². The molecule has 0 unspecified atom stereocenters. The second-order valence-electron chi connectivity index (χ2n) is 6.30. The van der Waals surface area contributed by atoms with Gasteiger partial charge in [-0.3, -0.25) is 14.4 Å². The monoisotopic (exact) mass is 401 g/mol. The second-order valence-corrected chi connectivity index (χ2v) is 7.28. The Labute approximate surface area is 166 Å². The third-order valence-corrected chi connectivity index (χ3v) is 5.04. The fourth-order valence-corrected chi connectivity index (χ4v) is 3.45. The molecule has 0 radical (unpaired) electrons. The normalized spacial score (nSPS) is 13.5. The van der Waals surface area contributed by atoms with E-state index >= 15 is 0 Å². The quantitative estimate of drug-likeness (QED) is 0.747. The molecule has 2 N–H and O–H groups in total. The zero-order valence-electron chi connectivity index (χ0n) is 15.1. The highest BCUT2D eigenvalue weighted by Crippen LogP contribution is 2.24. The first-order chi connectivity index (χ1) is 13.5. The average molecular weight is 401 g/mol. The van der Waals surface area contributed by atoms with Crippen molar-refractivity contribution in [3.8, 4) is 0 Å². The summed E-state index contributed by atoms with van der Waals surface area (Å²) in [6.07, 6.45) is 1.39. The van der Waals surface area contributed by atoms with Gasteiger partial charge in [-0.1, -0.05) is 6.07 Å². The topological polar surface area (TPSA) is 78.5 Å². The van der Waals surface area contributed by atoms with E-state index in [1.165, 1.54) is 36.0 Å². The van der Waals surface area contributed by atoms with Crippen LogP contribution in [0.15, 0.2) is 48.5 Å². The number of rotatable bonds is 7. The molecule has 0 bridgehead atoms. The molecular weight excluding hydrogens is 381 g/mol. The number of thioether (sulfide) groups is 1. The fourth-order valence-electron chi connectivity index (χ4n) is 2.84. The van der Waals surface area contributed by atoms with Crippen molar-refractivity contribution in [3.63, 3.8) is 0 Å². The Hall–Kier alpha value is -2.87. The van der Waals surface area contributed by atoms with Crippen molar-refractivity contribution in [2.45, 2.75) is 12.8 Å². The van der Waals surface area contributed by atoms with E-state index in [1.807, 2.05) is 6.07 Å². The summed E-state index contributed by atoms with van der Waals surface area (Å²) in [6.45, 7) is 0.690. The third kappa shape index (κ3) is 5.56. The van der Waals surface area contributed by atoms with Crippen molar-refractivity contribution in [2.24, 2.45) is 0 Å². The smallest absolute Gasteiger partial charge is 0.234 e. The lowest BCUT2D eigenvalue weighted by Gasteiger charge is -2.16. The number of anilines is 3. The molecule has 146 valence electrons. The largest absolute Gasteiger partial charge is 0.325 e. The Kier molecular flexibility index (Phi) is 6.65. The van der Waals surface area contributed by atoms with Gasteiger partial charge in [-0.05, 0) is 48.9 Å². The standard InChI is InChI=1S/C20H20FN3O3S/c21-14-6-8-15(9-7-14)22-18(25)12-28-13-19(26)23-16-3-1-4-17(11-16)24-10-2-5-20(24)27/h1,3-4,6-9,11H,2,5,10,12-13H2,(H,22,25)(H,23,26). The van der Waals surface area contributed by atoms with E-state index in [2.05, 4.69) is 10.6 Å².